The van der Waals surface area contributed by atoms with E-state index in [1.54, 1.807) is 24.3 Å². The van der Waals surface area contributed by atoms with Gasteiger partial charge < -0.3 is 9.26 Å². The van der Waals surface area contributed by atoms with Crippen LogP contribution in [0.4, 0.5) is 0 Å². The number of sulfone groups is 1. The van der Waals surface area contributed by atoms with Crippen LogP contribution in [0.1, 0.15) is 18.7 Å². The molecule has 0 N–H and O–H groups in total. The molecule has 6 nitrogen and oxygen atoms in total. The number of aromatic nitrogens is 2. The second-order valence-electron chi connectivity index (χ2n) is 5.31. The van der Waals surface area contributed by atoms with Gasteiger partial charge in [-0.05, 0) is 25.0 Å². The summed E-state index contributed by atoms with van der Waals surface area (Å²) in [6, 6.07) is 7.00. The molecule has 1 saturated heterocycles. The van der Waals surface area contributed by atoms with Crippen molar-refractivity contribution in [1.29, 1.82) is 0 Å². The largest absolute Gasteiger partial charge is 0.381 e. The summed E-state index contributed by atoms with van der Waals surface area (Å²) in [7, 11) is -3.42. The second kappa shape index (κ2) is 5.64. The monoisotopic (exact) mass is 342 g/mol. The first-order valence-corrected chi connectivity index (χ1v) is 9.07. The number of halogens is 1. The minimum Gasteiger partial charge on any atom is -0.381 e. The molecule has 3 rings (SSSR count). The second-order valence-corrected chi connectivity index (χ2v) is 8.07. The molecule has 1 fully saturated rings. The molecular formula is C14H15ClN2O4S. The summed E-state index contributed by atoms with van der Waals surface area (Å²) in [4.78, 5) is 4.31. The highest BCUT2D eigenvalue weighted by molar-refractivity contribution is 7.91. The van der Waals surface area contributed by atoms with Crippen LogP contribution < -0.4 is 0 Å². The summed E-state index contributed by atoms with van der Waals surface area (Å²) >= 11 is 5.95. The summed E-state index contributed by atoms with van der Waals surface area (Å²) in [6.07, 6.45) is 1.81. The molecule has 1 aliphatic rings. The van der Waals surface area contributed by atoms with Crippen molar-refractivity contribution in [3.05, 3.63) is 35.2 Å². The van der Waals surface area contributed by atoms with E-state index in [1.807, 2.05) is 0 Å². The van der Waals surface area contributed by atoms with Crippen molar-refractivity contribution < 1.29 is 17.7 Å². The molecule has 118 valence electrons. The highest BCUT2D eigenvalue weighted by Gasteiger charge is 2.48. The number of nitrogens with zero attached hydrogens (tertiary/aromatic N) is 2. The van der Waals surface area contributed by atoms with E-state index in [-0.39, 0.29) is 5.89 Å². The number of ether oxygens (including phenoxy) is 1. The fourth-order valence-electron chi connectivity index (χ4n) is 2.60. The molecule has 1 aliphatic heterocycles. The first kappa shape index (κ1) is 15.5. The maximum absolute atomic E-state index is 12.3. The minimum absolute atomic E-state index is 0.119. The van der Waals surface area contributed by atoms with Crippen molar-refractivity contribution in [2.24, 2.45) is 0 Å². The van der Waals surface area contributed by atoms with E-state index < -0.39 is 14.6 Å². The molecule has 0 atom stereocenters. The van der Waals surface area contributed by atoms with Gasteiger partial charge in [-0.1, -0.05) is 28.9 Å². The molecule has 0 radical (unpaired) electrons. The lowest BCUT2D eigenvalue weighted by Crippen LogP contribution is -2.41. The zero-order valence-corrected chi connectivity index (χ0v) is 13.5. The molecule has 0 spiro atoms. The zero-order valence-electron chi connectivity index (χ0n) is 12.0. The lowest BCUT2D eigenvalue weighted by molar-refractivity contribution is 0.0651. The van der Waals surface area contributed by atoms with Gasteiger partial charge in [-0.3, -0.25) is 0 Å². The van der Waals surface area contributed by atoms with E-state index in [1.165, 1.54) is 6.26 Å². The van der Waals surface area contributed by atoms with Crippen LogP contribution in [0, 0.1) is 0 Å². The van der Waals surface area contributed by atoms with Crippen molar-refractivity contribution in [1.82, 2.24) is 10.1 Å². The third kappa shape index (κ3) is 2.64. The van der Waals surface area contributed by atoms with Gasteiger partial charge in [0.2, 0.25) is 11.7 Å². The fourth-order valence-corrected chi connectivity index (χ4v) is 4.10. The van der Waals surface area contributed by atoms with Crippen molar-refractivity contribution in [3.8, 4) is 11.4 Å². The van der Waals surface area contributed by atoms with Crippen LogP contribution in [0.2, 0.25) is 5.02 Å². The van der Waals surface area contributed by atoms with Gasteiger partial charge in [0, 0.05) is 30.1 Å². The zero-order chi connectivity index (χ0) is 15.8. The third-order valence-corrected chi connectivity index (χ3v) is 6.15. The average Bonchev–Trinajstić information content (AvgIpc) is 2.97. The third-order valence-electron chi connectivity index (χ3n) is 3.91. The fraction of sp³-hybridized carbons (Fsp3) is 0.429. The van der Waals surface area contributed by atoms with Crippen LogP contribution in [0.3, 0.4) is 0 Å². The standard InChI is InChI=1S/C14H15ClN2O4S/c1-22(18,19)14(5-7-20-8-6-14)13-16-12(17-21-13)10-3-2-4-11(15)9-10/h2-4,9H,5-8H2,1H3. The lowest BCUT2D eigenvalue weighted by Gasteiger charge is -2.31. The van der Waals surface area contributed by atoms with Gasteiger partial charge in [-0.15, -0.1) is 0 Å². The molecular weight excluding hydrogens is 328 g/mol. The predicted octanol–water partition coefficient (Wildman–Crippen LogP) is 2.44. The highest BCUT2D eigenvalue weighted by atomic mass is 35.5. The maximum Gasteiger partial charge on any atom is 0.248 e. The van der Waals surface area contributed by atoms with Gasteiger partial charge in [0.25, 0.3) is 0 Å². The Kier molecular flexibility index (Phi) is 3.96. The van der Waals surface area contributed by atoms with E-state index in [4.69, 9.17) is 20.9 Å². The molecule has 0 aliphatic carbocycles. The Bertz CT molecular complexity index is 782. The first-order chi connectivity index (χ1) is 10.4. The summed E-state index contributed by atoms with van der Waals surface area (Å²) < 4.78 is 34.0. The number of hydrogen-bond acceptors (Lipinski definition) is 6. The summed E-state index contributed by atoms with van der Waals surface area (Å²) in [5, 5.41) is 4.46. The highest BCUT2D eigenvalue weighted by Crippen LogP contribution is 2.39. The molecule has 0 amide bonds. The Morgan fingerprint density at radius 1 is 1.27 bits per heavy atom. The summed E-state index contributed by atoms with van der Waals surface area (Å²) in [5.41, 5.74) is 0.679. The molecule has 1 aromatic carbocycles. The van der Waals surface area contributed by atoms with Gasteiger partial charge in [0.05, 0.1) is 0 Å². The van der Waals surface area contributed by atoms with E-state index in [0.717, 1.165) is 0 Å². The Morgan fingerprint density at radius 3 is 2.64 bits per heavy atom. The van der Waals surface area contributed by atoms with Crippen LogP contribution in [0.5, 0.6) is 0 Å². The molecule has 0 unspecified atom stereocenters. The van der Waals surface area contributed by atoms with Crippen LogP contribution in [0.25, 0.3) is 11.4 Å². The van der Waals surface area contributed by atoms with Crippen molar-refractivity contribution >= 4 is 21.4 Å². The van der Waals surface area contributed by atoms with E-state index in [9.17, 15) is 8.42 Å². The van der Waals surface area contributed by atoms with Crippen molar-refractivity contribution in [2.75, 3.05) is 19.5 Å². The van der Waals surface area contributed by atoms with Gasteiger partial charge >= 0.3 is 0 Å². The smallest absolute Gasteiger partial charge is 0.248 e. The Balaban J connectivity index is 2.04. The Hall–Kier alpha value is -1.44. The van der Waals surface area contributed by atoms with Crippen molar-refractivity contribution in [3.63, 3.8) is 0 Å². The summed E-state index contributed by atoms with van der Waals surface area (Å²) in [5.74, 6) is 0.445. The summed E-state index contributed by atoms with van der Waals surface area (Å²) in [6.45, 7) is 0.698. The number of rotatable bonds is 3. The van der Waals surface area contributed by atoms with Crippen LogP contribution >= 0.6 is 11.6 Å². The van der Waals surface area contributed by atoms with Crippen LogP contribution in [0.15, 0.2) is 28.8 Å². The Morgan fingerprint density at radius 2 is 2.00 bits per heavy atom. The Labute approximate surface area is 133 Å². The van der Waals surface area contributed by atoms with Gasteiger partial charge in [0.1, 0.15) is 0 Å². The quantitative estimate of drug-likeness (QED) is 0.852. The van der Waals surface area contributed by atoms with Crippen molar-refractivity contribution in [2.45, 2.75) is 17.6 Å². The molecule has 0 bridgehead atoms. The molecule has 8 heteroatoms. The maximum atomic E-state index is 12.3. The van der Waals surface area contributed by atoms with E-state index in [0.29, 0.717) is 42.5 Å². The van der Waals surface area contributed by atoms with Gasteiger partial charge in [-0.2, -0.15) is 4.98 Å². The molecule has 0 saturated carbocycles. The topological polar surface area (TPSA) is 82.3 Å². The molecule has 2 aromatic rings. The molecule has 22 heavy (non-hydrogen) atoms. The number of benzene rings is 1. The SMILES string of the molecule is CS(=O)(=O)C1(c2nc(-c3cccc(Cl)c3)no2)CCOCC1. The van der Waals surface area contributed by atoms with Crippen LogP contribution in [-0.2, 0) is 19.3 Å². The average molecular weight is 343 g/mol. The normalized spacial score (nSPS) is 18.3. The lowest BCUT2D eigenvalue weighted by atomic mass is 9.99. The van der Waals surface area contributed by atoms with Gasteiger partial charge in [-0.25, -0.2) is 8.42 Å². The molecule has 2 heterocycles. The van der Waals surface area contributed by atoms with Crippen LogP contribution in [-0.4, -0.2) is 38.0 Å². The number of hydrogen-bond donors (Lipinski definition) is 0. The molecule has 1 aromatic heterocycles. The van der Waals surface area contributed by atoms with E-state index >= 15 is 0 Å². The van der Waals surface area contributed by atoms with E-state index in [2.05, 4.69) is 10.1 Å². The first-order valence-electron chi connectivity index (χ1n) is 6.80. The predicted molar refractivity (Wildman–Crippen MR) is 81.3 cm³/mol. The van der Waals surface area contributed by atoms with Gasteiger partial charge in [0.15, 0.2) is 14.6 Å². The minimum atomic E-state index is -3.42.